The summed E-state index contributed by atoms with van der Waals surface area (Å²) in [7, 11) is 0. The molecule has 9 heteroatoms. The molecular weight excluding hydrogens is 494 g/mol. The maximum absolute atomic E-state index is 14.1. The standard InChI is InChI=1S/C30H33N5O4/c36-23-12-9-21(10-13-23)35-27-26(18-31-29(32-27)33-30(38)39-19-20-7-3-1-4-8-20)24-14-11-22(17-25(24)28(35)37)34-15-5-2-6-16-34/h1,3-4,7-8,11,14,17-18,21,23,36H,2,5-6,9-10,12-13,15-16,19H2,(H,31,32,33,38). The van der Waals surface area contributed by atoms with Gasteiger partial charge in [0.25, 0.3) is 5.56 Å². The van der Waals surface area contributed by atoms with Gasteiger partial charge in [-0.05, 0) is 68.0 Å². The third-order valence-electron chi connectivity index (χ3n) is 7.92. The van der Waals surface area contributed by atoms with E-state index >= 15 is 0 Å². The Bertz CT molecular complexity index is 1540. The van der Waals surface area contributed by atoms with Gasteiger partial charge < -0.3 is 14.7 Å². The van der Waals surface area contributed by atoms with E-state index in [-0.39, 0.29) is 30.3 Å². The van der Waals surface area contributed by atoms with E-state index in [1.165, 1.54) is 6.42 Å². The van der Waals surface area contributed by atoms with Gasteiger partial charge in [-0.25, -0.2) is 9.78 Å². The molecule has 1 saturated carbocycles. The Morgan fingerprint density at radius 2 is 1.74 bits per heavy atom. The molecule has 1 aliphatic heterocycles. The summed E-state index contributed by atoms with van der Waals surface area (Å²) in [5, 5.41) is 14.9. The Hall–Kier alpha value is -3.98. The number of benzene rings is 2. The van der Waals surface area contributed by atoms with Gasteiger partial charge in [0, 0.05) is 36.4 Å². The van der Waals surface area contributed by atoms with Crippen LogP contribution in [0.5, 0.6) is 0 Å². The van der Waals surface area contributed by atoms with Gasteiger partial charge in [0.15, 0.2) is 0 Å². The van der Waals surface area contributed by atoms with Crippen LogP contribution in [-0.2, 0) is 11.3 Å². The first-order valence-electron chi connectivity index (χ1n) is 13.8. The molecule has 202 valence electrons. The number of nitrogens with one attached hydrogen (secondary N) is 1. The van der Waals surface area contributed by atoms with Crippen molar-refractivity contribution in [1.82, 2.24) is 14.5 Å². The Morgan fingerprint density at radius 1 is 0.974 bits per heavy atom. The molecule has 9 nitrogen and oxygen atoms in total. The van der Waals surface area contributed by atoms with Gasteiger partial charge in [-0.3, -0.25) is 14.7 Å². The Kier molecular flexibility index (Phi) is 7.15. The highest BCUT2D eigenvalue weighted by molar-refractivity contribution is 6.05. The second-order valence-corrected chi connectivity index (χ2v) is 10.5. The van der Waals surface area contributed by atoms with Crippen molar-refractivity contribution in [1.29, 1.82) is 0 Å². The zero-order valence-electron chi connectivity index (χ0n) is 21.9. The lowest BCUT2D eigenvalue weighted by Gasteiger charge is -2.30. The van der Waals surface area contributed by atoms with Gasteiger partial charge in [0.05, 0.1) is 11.5 Å². The normalized spacial score (nSPS) is 19.8. The Morgan fingerprint density at radius 3 is 2.51 bits per heavy atom. The van der Waals surface area contributed by atoms with Crippen LogP contribution >= 0.6 is 0 Å². The first kappa shape index (κ1) is 25.3. The van der Waals surface area contributed by atoms with Crippen molar-refractivity contribution in [3.05, 3.63) is 70.6 Å². The highest BCUT2D eigenvalue weighted by Gasteiger charge is 2.26. The molecule has 2 aromatic carbocycles. The molecule has 0 bridgehead atoms. The number of piperidine rings is 1. The van der Waals surface area contributed by atoms with Gasteiger partial charge in [-0.15, -0.1) is 0 Å². The molecule has 2 fully saturated rings. The molecule has 0 spiro atoms. The largest absolute Gasteiger partial charge is 0.444 e. The lowest BCUT2D eigenvalue weighted by Crippen LogP contribution is -2.31. The van der Waals surface area contributed by atoms with Crippen LogP contribution in [0.15, 0.2) is 59.5 Å². The smallest absolute Gasteiger partial charge is 0.414 e. The summed E-state index contributed by atoms with van der Waals surface area (Å²) in [6.07, 6.45) is 6.83. The van der Waals surface area contributed by atoms with E-state index in [0.717, 1.165) is 48.0 Å². The summed E-state index contributed by atoms with van der Waals surface area (Å²) in [4.78, 5) is 38.0. The average molecular weight is 528 g/mol. The number of aliphatic hydroxyl groups excluding tert-OH is 1. The lowest BCUT2D eigenvalue weighted by molar-refractivity contribution is 0.111. The number of ether oxygens (including phenoxy) is 1. The summed E-state index contributed by atoms with van der Waals surface area (Å²) in [5.41, 5.74) is 2.31. The number of aromatic nitrogens is 3. The zero-order valence-corrected chi connectivity index (χ0v) is 21.9. The molecular formula is C30H33N5O4. The topological polar surface area (TPSA) is 110 Å². The van der Waals surface area contributed by atoms with E-state index < -0.39 is 6.09 Å². The molecule has 6 rings (SSSR count). The number of fused-ring (bicyclic) bond motifs is 3. The maximum Gasteiger partial charge on any atom is 0.414 e. The van der Waals surface area contributed by atoms with Crippen molar-refractivity contribution in [3.63, 3.8) is 0 Å². The van der Waals surface area contributed by atoms with Crippen LogP contribution in [-0.4, -0.2) is 44.9 Å². The maximum atomic E-state index is 14.1. The highest BCUT2D eigenvalue weighted by Crippen LogP contribution is 2.33. The molecule has 39 heavy (non-hydrogen) atoms. The molecule has 2 N–H and O–H groups in total. The van der Waals surface area contributed by atoms with E-state index in [4.69, 9.17) is 4.74 Å². The van der Waals surface area contributed by atoms with Crippen LogP contribution in [0.4, 0.5) is 16.4 Å². The van der Waals surface area contributed by atoms with Crippen LogP contribution in [0, 0.1) is 0 Å². The number of anilines is 2. The number of carbonyl (C=O) groups is 1. The Labute approximate surface area is 226 Å². The van der Waals surface area contributed by atoms with Crippen molar-refractivity contribution < 1.29 is 14.6 Å². The summed E-state index contributed by atoms with van der Waals surface area (Å²) >= 11 is 0. The lowest BCUT2D eigenvalue weighted by atomic mass is 9.92. The number of amides is 1. The van der Waals surface area contributed by atoms with Crippen LogP contribution in [0.25, 0.3) is 21.8 Å². The average Bonchev–Trinajstić information content (AvgIpc) is 2.98. The Balaban J connectivity index is 1.38. The number of nitrogens with zero attached hydrogens (tertiary/aromatic N) is 4. The van der Waals surface area contributed by atoms with E-state index in [9.17, 15) is 14.7 Å². The number of hydrogen-bond donors (Lipinski definition) is 2. The number of aliphatic hydroxyl groups is 1. The minimum Gasteiger partial charge on any atom is -0.444 e. The highest BCUT2D eigenvalue weighted by atomic mass is 16.5. The molecule has 0 radical (unpaired) electrons. The molecule has 1 amide bonds. The summed E-state index contributed by atoms with van der Waals surface area (Å²) < 4.78 is 7.09. The SMILES string of the molecule is O=C(Nc1ncc2c3ccc(N4CCCCC4)cc3c(=O)n(C3CCC(O)CC3)c2n1)OCc1ccccc1. The summed E-state index contributed by atoms with van der Waals surface area (Å²) in [6.45, 7) is 2.11. The fourth-order valence-corrected chi connectivity index (χ4v) is 5.83. The van der Waals surface area contributed by atoms with Crippen LogP contribution < -0.4 is 15.8 Å². The third kappa shape index (κ3) is 5.31. The van der Waals surface area contributed by atoms with Crippen molar-refractivity contribution >= 4 is 39.5 Å². The van der Waals surface area contributed by atoms with E-state index in [0.29, 0.717) is 36.7 Å². The van der Waals surface area contributed by atoms with Crippen molar-refractivity contribution in [2.45, 2.75) is 63.7 Å². The van der Waals surface area contributed by atoms with Crippen molar-refractivity contribution in [3.8, 4) is 0 Å². The predicted octanol–water partition coefficient (Wildman–Crippen LogP) is 5.16. The second-order valence-electron chi connectivity index (χ2n) is 10.5. The minimum absolute atomic E-state index is 0.0776. The first-order chi connectivity index (χ1) is 19.1. The third-order valence-corrected chi connectivity index (χ3v) is 7.92. The minimum atomic E-state index is -0.667. The van der Waals surface area contributed by atoms with Gasteiger partial charge in [-0.1, -0.05) is 36.4 Å². The number of carbonyl (C=O) groups excluding carboxylic acids is 1. The van der Waals surface area contributed by atoms with Gasteiger partial charge in [-0.2, -0.15) is 4.98 Å². The summed E-state index contributed by atoms with van der Waals surface area (Å²) in [5.74, 6) is 0.0776. The fraction of sp³-hybridized carbons (Fsp3) is 0.400. The monoisotopic (exact) mass is 527 g/mol. The van der Waals surface area contributed by atoms with E-state index in [1.807, 2.05) is 42.5 Å². The van der Waals surface area contributed by atoms with Crippen molar-refractivity contribution in [2.75, 3.05) is 23.3 Å². The van der Waals surface area contributed by atoms with Gasteiger partial charge >= 0.3 is 6.09 Å². The summed E-state index contributed by atoms with van der Waals surface area (Å²) in [6, 6.07) is 15.4. The molecule has 2 aromatic heterocycles. The number of rotatable bonds is 5. The molecule has 0 atom stereocenters. The predicted molar refractivity (Wildman–Crippen MR) is 151 cm³/mol. The van der Waals surface area contributed by atoms with E-state index in [1.54, 1.807) is 10.8 Å². The van der Waals surface area contributed by atoms with E-state index in [2.05, 4.69) is 26.3 Å². The quantitative estimate of drug-likeness (QED) is 0.345. The first-order valence-corrected chi connectivity index (χ1v) is 13.8. The molecule has 1 saturated heterocycles. The van der Waals surface area contributed by atoms with Gasteiger partial charge in [0.1, 0.15) is 12.3 Å². The molecule has 3 heterocycles. The van der Waals surface area contributed by atoms with Crippen molar-refractivity contribution in [2.24, 2.45) is 0 Å². The van der Waals surface area contributed by atoms with Crippen LogP contribution in [0.1, 0.15) is 56.6 Å². The molecule has 4 aromatic rings. The van der Waals surface area contributed by atoms with Crippen LogP contribution in [0.3, 0.4) is 0 Å². The molecule has 1 aliphatic carbocycles. The van der Waals surface area contributed by atoms with Crippen LogP contribution in [0.2, 0.25) is 0 Å². The number of pyridine rings is 1. The molecule has 0 unspecified atom stereocenters. The fourth-order valence-electron chi connectivity index (χ4n) is 5.83. The zero-order chi connectivity index (χ0) is 26.8. The molecule has 2 aliphatic rings. The second kappa shape index (κ2) is 11.0. The number of hydrogen-bond acceptors (Lipinski definition) is 7. The van der Waals surface area contributed by atoms with Gasteiger partial charge in [0.2, 0.25) is 5.95 Å².